The lowest BCUT2D eigenvalue weighted by atomic mass is 10.1. The molecule has 0 saturated carbocycles. The Morgan fingerprint density at radius 3 is 2.62 bits per heavy atom. The van der Waals surface area contributed by atoms with Crippen molar-refractivity contribution in [3.63, 3.8) is 0 Å². The Kier molecular flexibility index (Phi) is 6.26. The number of halogens is 2. The van der Waals surface area contributed by atoms with E-state index in [0.29, 0.717) is 12.4 Å². The SMILES string of the molecule is CN(C)CCOc1ccccc1CNC(=O)c1cccc(F)c1F. The molecule has 1 N–H and O–H groups in total. The van der Waals surface area contributed by atoms with Crippen molar-refractivity contribution in [3.8, 4) is 5.75 Å². The molecule has 0 aliphatic rings. The number of benzene rings is 2. The fourth-order valence-electron chi connectivity index (χ4n) is 2.08. The van der Waals surface area contributed by atoms with Gasteiger partial charge in [0.05, 0.1) is 5.56 Å². The standard InChI is InChI=1S/C18H20F2N2O2/c1-22(2)10-11-24-16-9-4-3-6-13(16)12-21-18(23)14-7-5-8-15(19)17(14)20/h3-9H,10-12H2,1-2H3,(H,21,23). The van der Waals surface area contributed by atoms with Crippen molar-refractivity contribution in [1.29, 1.82) is 0 Å². The normalized spacial score (nSPS) is 10.7. The summed E-state index contributed by atoms with van der Waals surface area (Å²) in [6.07, 6.45) is 0. The van der Waals surface area contributed by atoms with Crippen LogP contribution in [-0.4, -0.2) is 38.1 Å². The van der Waals surface area contributed by atoms with Gasteiger partial charge in [-0.15, -0.1) is 0 Å². The molecule has 0 spiro atoms. The van der Waals surface area contributed by atoms with E-state index in [1.807, 2.05) is 37.2 Å². The lowest BCUT2D eigenvalue weighted by Gasteiger charge is -2.14. The second-order valence-corrected chi connectivity index (χ2v) is 5.54. The summed E-state index contributed by atoms with van der Waals surface area (Å²) in [7, 11) is 3.89. The van der Waals surface area contributed by atoms with E-state index in [4.69, 9.17) is 4.74 Å². The number of likely N-dealkylation sites (N-methyl/N-ethyl adjacent to an activating group) is 1. The van der Waals surface area contributed by atoms with Crippen LogP contribution in [0.4, 0.5) is 8.78 Å². The van der Waals surface area contributed by atoms with Crippen LogP contribution in [0.3, 0.4) is 0 Å². The summed E-state index contributed by atoms with van der Waals surface area (Å²) in [6.45, 7) is 1.43. The number of para-hydroxylation sites is 1. The van der Waals surface area contributed by atoms with Gasteiger partial charge in [-0.2, -0.15) is 0 Å². The van der Waals surface area contributed by atoms with Crippen molar-refractivity contribution in [2.45, 2.75) is 6.54 Å². The molecule has 4 nitrogen and oxygen atoms in total. The Labute approximate surface area is 140 Å². The van der Waals surface area contributed by atoms with Crippen molar-refractivity contribution in [2.75, 3.05) is 27.2 Å². The van der Waals surface area contributed by atoms with Gasteiger partial charge < -0.3 is 15.0 Å². The average Bonchev–Trinajstić information content (AvgIpc) is 2.56. The van der Waals surface area contributed by atoms with Crippen molar-refractivity contribution in [2.24, 2.45) is 0 Å². The highest BCUT2D eigenvalue weighted by atomic mass is 19.2. The van der Waals surface area contributed by atoms with Crippen LogP contribution in [0, 0.1) is 11.6 Å². The highest BCUT2D eigenvalue weighted by Crippen LogP contribution is 2.18. The summed E-state index contributed by atoms with van der Waals surface area (Å²) < 4.78 is 32.5. The number of carbonyl (C=O) groups is 1. The Hall–Kier alpha value is -2.47. The molecule has 0 aromatic heterocycles. The third kappa shape index (κ3) is 4.76. The third-order valence-electron chi connectivity index (χ3n) is 3.40. The number of nitrogens with one attached hydrogen (secondary N) is 1. The molecule has 128 valence electrons. The lowest BCUT2D eigenvalue weighted by Crippen LogP contribution is -2.25. The maximum atomic E-state index is 13.6. The largest absolute Gasteiger partial charge is 0.492 e. The number of amides is 1. The summed E-state index contributed by atoms with van der Waals surface area (Å²) in [4.78, 5) is 14.0. The number of carbonyl (C=O) groups excluding carboxylic acids is 1. The quantitative estimate of drug-likeness (QED) is 0.847. The second-order valence-electron chi connectivity index (χ2n) is 5.54. The monoisotopic (exact) mass is 334 g/mol. The average molecular weight is 334 g/mol. The van der Waals surface area contributed by atoms with Gasteiger partial charge in [-0.1, -0.05) is 24.3 Å². The minimum atomic E-state index is -1.15. The Morgan fingerprint density at radius 1 is 1.12 bits per heavy atom. The van der Waals surface area contributed by atoms with E-state index in [2.05, 4.69) is 5.32 Å². The van der Waals surface area contributed by atoms with Gasteiger partial charge in [0.15, 0.2) is 11.6 Å². The summed E-state index contributed by atoms with van der Waals surface area (Å²) in [5, 5.41) is 2.59. The van der Waals surface area contributed by atoms with E-state index < -0.39 is 17.5 Å². The molecule has 2 rings (SSSR count). The van der Waals surface area contributed by atoms with E-state index >= 15 is 0 Å². The molecule has 0 bridgehead atoms. The van der Waals surface area contributed by atoms with Crippen molar-refractivity contribution >= 4 is 5.91 Å². The number of ether oxygens (including phenoxy) is 1. The first kappa shape index (κ1) is 17.9. The zero-order valence-electron chi connectivity index (χ0n) is 13.7. The summed E-state index contributed by atoms with van der Waals surface area (Å²) in [5.41, 5.74) is 0.447. The lowest BCUT2D eigenvalue weighted by molar-refractivity contribution is 0.0945. The molecule has 0 fully saturated rings. The van der Waals surface area contributed by atoms with Gasteiger partial charge in [0.2, 0.25) is 0 Å². The fourth-order valence-corrected chi connectivity index (χ4v) is 2.08. The topological polar surface area (TPSA) is 41.6 Å². The molecule has 0 atom stereocenters. The molecular formula is C18H20F2N2O2. The predicted octanol–water partition coefficient (Wildman–Crippen LogP) is 2.84. The number of hydrogen-bond donors (Lipinski definition) is 1. The van der Waals surface area contributed by atoms with Crippen molar-refractivity contribution in [3.05, 3.63) is 65.2 Å². The van der Waals surface area contributed by atoms with Crippen LogP contribution in [-0.2, 0) is 6.54 Å². The van der Waals surface area contributed by atoms with Gasteiger partial charge in [-0.3, -0.25) is 4.79 Å². The maximum absolute atomic E-state index is 13.6. The van der Waals surface area contributed by atoms with Gasteiger partial charge in [-0.25, -0.2) is 8.78 Å². The first-order valence-electron chi connectivity index (χ1n) is 7.56. The van der Waals surface area contributed by atoms with E-state index in [1.165, 1.54) is 12.1 Å². The Bertz CT molecular complexity index is 705. The third-order valence-corrected chi connectivity index (χ3v) is 3.40. The smallest absolute Gasteiger partial charge is 0.254 e. The van der Waals surface area contributed by atoms with Gasteiger partial charge >= 0.3 is 0 Å². The summed E-state index contributed by atoms with van der Waals surface area (Å²) in [5.74, 6) is -2.21. The summed E-state index contributed by atoms with van der Waals surface area (Å²) >= 11 is 0. The second kappa shape index (κ2) is 8.40. The van der Waals surface area contributed by atoms with E-state index in [-0.39, 0.29) is 12.1 Å². The Balaban J connectivity index is 2.01. The van der Waals surface area contributed by atoms with Gasteiger partial charge in [0.1, 0.15) is 12.4 Å². The molecule has 0 unspecified atom stereocenters. The molecule has 24 heavy (non-hydrogen) atoms. The predicted molar refractivity (Wildman–Crippen MR) is 88.0 cm³/mol. The molecule has 0 aliphatic carbocycles. The molecule has 0 radical (unpaired) electrons. The molecule has 0 heterocycles. The van der Waals surface area contributed by atoms with Gasteiger partial charge in [0, 0.05) is 18.7 Å². The van der Waals surface area contributed by atoms with Crippen molar-refractivity contribution < 1.29 is 18.3 Å². The van der Waals surface area contributed by atoms with E-state index in [9.17, 15) is 13.6 Å². The van der Waals surface area contributed by atoms with Crippen LogP contribution >= 0.6 is 0 Å². The first-order chi connectivity index (χ1) is 11.5. The van der Waals surface area contributed by atoms with E-state index in [0.717, 1.165) is 18.2 Å². The zero-order chi connectivity index (χ0) is 17.5. The zero-order valence-corrected chi connectivity index (χ0v) is 13.7. The van der Waals surface area contributed by atoms with Crippen LogP contribution in [0.25, 0.3) is 0 Å². The summed E-state index contributed by atoms with van der Waals surface area (Å²) in [6, 6.07) is 10.8. The molecule has 0 saturated heterocycles. The van der Waals surface area contributed by atoms with Crippen LogP contribution in [0.15, 0.2) is 42.5 Å². The Morgan fingerprint density at radius 2 is 1.88 bits per heavy atom. The molecule has 2 aromatic carbocycles. The molecule has 1 amide bonds. The highest BCUT2D eigenvalue weighted by Gasteiger charge is 2.15. The number of rotatable bonds is 7. The van der Waals surface area contributed by atoms with Crippen LogP contribution in [0.1, 0.15) is 15.9 Å². The van der Waals surface area contributed by atoms with Crippen LogP contribution in [0.5, 0.6) is 5.75 Å². The molecule has 2 aromatic rings. The van der Waals surface area contributed by atoms with Crippen LogP contribution < -0.4 is 10.1 Å². The fraction of sp³-hybridized carbons (Fsp3) is 0.278. The molecular weight excluding hydrogens is 314 g/mol. The van der Waals surface area contributed by atoms with Gasteiger partial charge in [-0.05, 0) is 32.3 Å². The van der Waals surface area contributed by atoms with Crippen molar-refractivity contribution in [1.82, 2.24) is 10.2 Å². The van der Waals surface area contributed by atoms with Gasteiger partial charge in [0.25, 0.3) is 5.91 Å². The van der Waals surface area contributed by atoms with E-state index in [1.54, 1.807) is 6.07 Å². The number of hydrogen-bond acceptors (Lipinski definition) is 3. The van der Waals surface area contributed by atoms with Crippen LogP contribution in [0.2, 0.25) is 0 Å². The first-order valence-corrected chi connectivity index (χ1v) is 7.56. The minimum Gasteiger partial charge on any atom is -0.492 e. The molecule has 6 heteroatoms. The number of nitrogens with zero attached hydrogens (tertiary/aromatic N) is 1. The molecule has 0 aliphatic heterocycles. The highest BCUT2D eigenvalue weighted by molar-refractivity contribution is 5.94. The minimum absolute atomic E-state index is 0.160. The maximum Gasteiger partial charge on any atom is 0.254 e.